The molecule has 1 amide bonds. The Morgan fingerprint density at radius 2 is 1.97 bits per heavy atom. The van der Waals surface area contributed by atoms with E-state index in [2.05, 4.69) is 22.2 Å². The van der Waals surface area contributed by atoms with Crippen molar-refractivity contribution in [3.8, 4) is 11.5 Å². The van der Waals surface area contributed by atoms with E-state index in [1.54, 1.807) is 36.1 Å². The molecule has 1 N–H and O–H groups in total. The van der Waals surface area contributed by atoms with Gasteiger partial charge in [-0.1, -0.05) is 52.3 Å². The third-order valence-electron chi connectivity index (χ3n) is 4.06. The zero-order valence-electron chi connectivity index (χ0n) is 16.7. The lowest BCUT2D eigenvalue weighted by molar-refractivity contribution is -0.113. The maximum atomic E-state index is 12.4. The molecule has 0 aliphatic carbocycles. The van der Waals surface area contributed by atoms with Gasteiger partial charge in [-0.05, 0) is 36.4 Å². The molecule has 0 atom stereocenters. The van der Waals surface area contributed by atoms with Crippen LogP contribution in [-0.4, -0.2) is 33.8 Å². The molecule has 0 unspecified atom stereocenters. The first-order valence-electron chi connectivity index (χ1n) is 9.18. The molecule has 0 spiro atoms. The first-order valence-corrected chi connectivity index (χ1v) is 10.9. The highest BCUT2D eigenvalue weighted by molar-refractivity contribution is 8.00. The van der Waals surface area contributed by atoms with Crippen molar-refractivity contribution in [3.05, 3.63) is 70.9 Å². The van der Waals surface area contributed by atoms with Crippen molar-refractivity contribution in [1.82, 2.24) is 15.0 Å². The Balaban J connectivity index is 1.66. The maximum Gasteiger partial charge on any atom is 0.234 e. The number of rotatable bonds is 10. The van der Waals surface area contributed by atoms with Crippen LogP contribution in [0.3, 0.4) is 0 Å². The first-order chi connectivity index (χ1) is 15.0. The highest BCUT2D eigenvalue weighted by atomic mass is 35.5. The fourth-order valence-corrected chi connectivity index (χ4v) is 3.79. The van der Waals surface area contributed by atoms with Crippen LogP contribution in [-0.2, 0) is 17.9 Å². The van der Waals surface area contributed by atoms with Crippen molar-refractivity contribution in [3.63, 3.8) is 0 Å². The van der Waals surface area contributed by atoms with E-state index >= 15 is 0 Å². The van der Waals surface area contributed by atoms with Gasteiger partial charge in [0.05, 0.1) is 35.1 Å². The standard InChI is InChI=1S/C21H20Cl2N4O3S/c1-3-11-27-21(31-13-19(28)24-17-6-4-5-16(22)20(17)23)18(25-26-27)12-30-15-9-7-14(29-2)8-10-15/h3-10H,1,11-13H2,2H3,(H,24,28). The van der Waals surface area contributed by atoms with Crippen molar-refractivity contribution in [2.75, 3.05) is 18.2 Å². The molecule has 0 saturated carbocycles. The van der Waals surface area contributed by atoms with E-state index in [0.717, 1.165) is 10.8 Å². The minimum absolute atomic E-state index is 0.128. The SMILES string of the molecule is C=CCn1nnc(COc2ccc(OC)cc2)c1SCC(=O)Nc1cccc(Cl)c1Cl. The number of benzene rings is 2. The number of anilines is 1. The first kappa shape index (κ1) is 23.0. The van der Waals surface area contributed by atoms with Crippen LogP contribution in [0.25, 0.3) is 0 Å². The molecular weight excluding hydrogens is 459 g/mol. The second-order valence-corrected chi connectivity index (χ2v) is 7.96. The Morgan fingerprint density at radius 3 is 2.68 bits per heavy atom. The molecule has 0 radical (unpaired) electrons. The zero-order chi connectivity index (χ0) is 22.2. The molecular formula is C21H20Cl2N4O3S. The molecule has 3 rings (SSSR count). The molecule has 0 fully saturated rings. The Morgan fingerprint density at radius 1 is 1.23 bits per heavy atom. The van der Waals surface area contributed by atoms with Gasteiger partial charge in [0.25, 0.3) is 0 Å². The number of aromatic nitrogens is 3. The van der Waals surface area contributed by atoms with Gasteiger partial charge in [0, 0.05) is 0 Å². The van der Waals surface area contributed by atoms with Crippen LogP contribution in [0, 0.1) is 0 Å². The van der Waals surface area contributed by atoms with Crippen molar-refractivity contribution in [2.24, 2.45) is 0 Å². The molecule has 162 valence electrons. The molecule has 0 saturated heterocycles. The van der Waals surface area contributed by atoms with Crippen LogP contribution in [0.2, 0.25) is 10.0 Å². The summed E-state index contributed by atoms with van der Waals surface area (Å²) in [6.07, 6.45) is 1.71. The predicted molar refractivity (Wildman–Crippen MR) is 123 cm³/mol. The molecule has 1 heterocycles. The Hall–Kier alpha value is -2.68. The molecule has 0 aliphatic rings. The highest BCUT2D eigenvalue weighted by Crippen LogP contribution is 2.30. The number of nitrogens with zero attached hydrogens (tertiary/aromatic N) is 3. The number of hydrogen-bond acceptors (Lipinski definition) is 6. The minimum atomic E-state index is -0.234. The zero-order valence-corrected chi connectivity index (χ0v) is 19.0. The molecule has 3 aromatic rings. The summed E-state index contributed by atoms with van der Waals surface area (Å²) >= 11 is 13.4. The fraction of sp³-hybridized carbons (Fsp3) is 0.190. The van der Waals surface area contributed by atoms with Gasteiger partial charge in [-0.25, -0.2) is 4.68 Å². The summed E-state index contributed by atoms with van der Waals surface area (Å²) in [5.41, 5.74) is 1.08. The lowest BCUT2D eigenvalue weighted by atomic mass is 10.3. The molecule has 10 heteroatoms. The molecule has 0 bridgehead atoms. The molecule has 2 aromatic carbocycles. The third-order valence-corrected chi connectivity index (χ3v) is 6.00. The van der Waals surface area contributed by atoms with Crippen LogP contribution in [0.4, 0.5) is 5.69 Å². The van der Waals surface area contributed by atoms with Crippen LogP contribution in [0.1, 0.15) is 5.69 Å². The van der Waals surface area contributed by atoms with Gasteiger partial charge >= 0.3 is 0 Å². The van der Waals surface area contributed by atoms with Gasteiger partial charge in [0.1, 0.15) is 28.8 Å². The van der Waals surface area contributed by atoms with Crippen LogP contribution >= 0.6 is 35.0 Å². The molecule has 1 aromatic heterocycles. The number of ether oxygens (including phenoxy) is 2. The average molecular weight is 479 g/mol. The Bertz CT molecular complexity index is 1060. The summed E-state index contributed by atoms with van der Waals surface area (Å²) in [5.74, 6) is 1.31. The van der Waals surface area contributed by atoms with Gasteiger partial charge in [-0.2, -0.15) is 0 Å². The van der Waals surface area contributed by atoms with Crippen LogP contribution in [0.5, 0.6) is 11.5 Å². The number of carbonyl (C=O) groups is 1. The van der Waals surface area contributed by atoms with Crippen LogP contribution in [0.15, 0.2) is 60.1 Å². The largest absolute Gasteiger partial charge is 0.497 e. The number of amides is 1. The van der Waals surface area contributed by atoms with E-state index < -0.39 is 0 Å². The summed E-state index contributed by atoms with van der Waals surface area (Å²) in [5, 5.41) is 12.5. The van der Waals surface area contributed by atoms with Crippen LogP contribution < -0.4 is 14.8 Å². The van der Waals surface area contributed by atoms with Gasteiger partial charge in [-0.3, -0.25) is 4.79 Å². The summed E-state index contributed by atoms with van der Waals surface area (Å²) < 4.78 is 12.6. The van der Waals surface area contributed by atoms with E-state index in [1.165, 1.54) is 11.8 Å². The second kappa shape index (κ2) is 11.1. The van der Waals surface area contributed by atoms with Crippen molar-refractivity contribution < 1.29 is 14.3 Å². The summed E-state index contributed by atoms with van der Waals surface area (Å²) in [6, 6.07) is 12.3. The minimum Gasteiger partial charge on any atom is -0.497 e. The molecule has 7 nitrogen and oxygen atoms in total. The lowest BCUT2D eigenvalue weighted by Crippen LogP contribution is -2.15. The number of nitrogens with one attached hydrogen (secondary N) is 1. The van der Waals surface area contributed by atoms with Crippen molar-refractivity contribution in [2.45, 2.75) is 18.2 Å². The number of thioether (sulfide) groups is 1. The number of methoxy groups -OCH3 is 1. The molecule has 0 aliphatic heterocycles. The number of carbonyl (C=O) groups excluding carboxylic acids is 1. The predicted octanol–water partition coefficient (Wildman–Crippen LogP) is 5.09. The maximum absolute atomic E-state index is 12.4. The van der Waals surface area contributed by atoms with Crippen molar-refractivity contribution in [1.29, 1.82) is 0 Å². The average Bonchev–Trinajstić information content (AvgIpc) is 3.16. The van der Waals surface area contributed by atoms with Gasteiger partial charge < -0.3 is 14.8 Å². The van der Waals surface area contributed by atoms with E-state index in [9.17, 15) is 4.79 Å². The number of halogens is 2. The smallest absolute Gasteiger partial charge is 0.234 e. The van der Waals surface area contributed by atoms with E-state index in [4.69, 9.17) is 32.7 Å². The van der Waals surface area contributed by atoms with E-state index in [1.807, 2.05) is 24.3 Å². The second-order valence-electron chi connectivity index (χ2n) is 6.21. The normalized spacial score (nSPS) is 10.5. The summed E-state index contributed by atoms with van der Waals surface area (Å²) in [7, 11) is 1.60. The Kier molecular flexibility index (Phi) is 8.22. The van der Waals surface area contributed by atoms with Crippen molar-refractivity contribution >= 4 is 46.6 Å². The Labute approximate surface area is 194 Å². The van der Waals surface area contributed by atoms with Gasteiger partial charge in [0.2, 0.25) is 5.91 Å². The van der Waals surface area contributed by atoms with Gasteiger partial charge in [-0.15, -0.1) is 11.7 Å². The van der Waals surface area contributed by atoms with E-state index in [0.29, 0.717) is 33.7 Å². The monoisotopic (exact) mass is 478 g/mol. The topological polar surface area (TPSA) is 78.3 Å². The third kappa shape index (κ3) is 6.16. The highest BCUT2D eigenvalue weighted by Gasteiger charge is 2.16. The summed E-state index contributed by atoms with van der Waals surface area (Å²) in [4.78, 5) is 12.4. The number of hydrogen-bond donors (Lipinski definition) is 1. The quantitative estimate of drug-likeness (QED) is 0.323. The lowest BCUT2D eigenvalue weighted by Gasteiger charge is -2.10. The summed E-state index contributed by atoms with van der Waals surface area (Å²) in [6.45, 7) is 4.40. The number of allylic oxidation sites excluding steroid dienone is 1. The fourth-order valence-electron chi connectivity index (χ4n) is 2.57. The molecule has 31 heavy (non-hydrogen) atoms. The van der Waals surface area contributed by atoms with E-state index in [-0.39, 0.29) is 18.3 Å². The van der Waals surface area contributed by atoms with Gasteiger partial charge in [0.15, 0.2) is 0 Å².